The summed E-state index contributed by atoms with van der Waals surface area (Å²) in [7, 11) is 0. The highest BCUT2D eigenvalue weighted by molar-refractivity contribution is 8.01. The van der Waals surface area contributed by atoms with E-state index in [1.807, 2.05) is 25.1 Å². The van der Waals surface area contributed by atoms with E-state index >= 15 is 0 Å². The van der Waals surface area contributed by atoms with Crippen molar-refractivity contribution in [3.05, 3.63) is 28.8 Å². The first-order valence-corrected chi connectivity index (χ1v) is 9.07. The molecule has 1 saturated carbocycles. The number of nitrogens with one attached hydrogen (secondary N) is 2. The number of hydrogen-bond acceptors (Lipinski definition) is 6. The molecule has 1 amide bonds. The molecule has 8 heteroatoms. The summed E-state index contributed by atoms with van der Waals surface area (Å²) in [5.74, 6) is 0.435. The molecule has 0 saturated heterocycles. The van der Waals surface area contributed by atoms with Gasteiger partial charge in [0.15, 0.2) is 4.34 Å². The van der Waals surface area contributed by atoms with Crippen molar-refractivity contribution in [1.29, 1.82) is 0 Å². The second-order valence-electron chi connectivity index (χ2n) is 5.04. The van der Waals surface area contributed by atoms with Gasteiger partial charge in [0.1, 0.15) is 0 Å². The highest BCUT2D eigenvalue weighted by Crippen LogP contribution is 2.30. The minimum Gasteiger partial charge on any atom is -0.353 e. The average Bonchev–Trinajstić information content (AvgIpc) is 3.19. The number of halogens is 1. The third kappa shape index (κ3) is 4.12. The molecule has 0 atom stereocenters. The van der Waals surface area contributed by atoms with Crippen molar-refractivity contribution in [3.8, 4) is 0 Å². The molecule has 2 aromatic rings. The number of carbonyl (C=O) groups is 1. The minimum absolute atomic E-state index is 0.0582. The molecule has 0 spiro atoms. The van der Waals surface area contributed by atoms with E-state index < -0.39 is 0 Å². The van der Waals surface area contributed by atoms with Gasteiger partial charge in [0, 0.05) is 16.8 Å². The van der Waals surface area contributed by atoms with Gasteiger partial charge in [-0.2, -0.15) is 0 Å². The van der Waals surface area contributed by atoms with E-state index in [2.05, 4.69) is 20.8 Å². The topological polar surface area (TPSA) is 66.9 Å². The monoisotopic (exact) mass is 354 g/mol. The van der Waals surface area contributed by atoms with Crippen LogP contribution in [0.4, 0.5) is 10.8 Å². The Morgan fingerprint density at radius 3 is 3.05 bits per heavy atom. The largest absolute Gasteiger partial charge is 0.353 e. The number of benzene rings is 1. The van der Waals surface area contributed by atoms with Gasteiger partial charge < -0.3 is 10.6 Å². The number of carbonyl (C=O) groups excluding carboxylic acids is 1. The van der Waals surface area contributed by atoms with Crippen LogP contribution in [-0.4, -0.2) is 27.9 Å². The van der Waals surface area contributed by atoms with Crippen LogP contribution < -0.4 is 10.6 Å². The first kappa shape index (κ1) is 15.6. The fraction of sp³-hybridized carbons (Fsp3) is 0.357. The van der Waals surface area contributed by atoms with Crippen LogP contribution in [0.3, 0.4) is 0 Å². The lowest BCUT2D eigenvalue weighted by atomic mass is 10.2. The van der Waals surface area contributed by atoms with E-state index in [0.29, 0.717) is 21.9 Å². The van der Waals surface area contributed by atoms with Gasteiger partial charge in [-0.25, -0.2) is 0 Å². The van der Waals surface area contributed by atoms with Crippen molar-refractivity contribution in [3.63, 3.8) is 0 Å². The normalized spacial score (nSPS) is 13.9. The zero-order valence-electron chi connectivity index (χ0n) is 11.9. The molecule has 0 bridgehead atoms. The molecule has 0 unspecified atom stereocenters. The van der Waals surface area contributed by atoms with Gasteiger partial charge in [0.05, 0.1) is 5.75 Å². The fourth-order valence-corrected chi connectivity index (χ4v) is 3.55. The van der Waals surface area contributed by atoms with Gasteiger partial charge in [-0.15, -0.1) is 10.2 Å². The predicted molar refractivity (Wildman–Crippen MR) is 91.3 cm³/mol. The summed E-state index contributed by atoms with van der Waals surface area (Å²) in [4.78, 5) is 11.6. The molecule has 0 radical (unpaired) electrons. The number of anilines is 2. The molecule has 1 fully saturated rings. The summed E-state index contributed by atoms with van der Waals surface area (Å²) < 4.78 is 0.771. The second-order valence-corrected chi connectivity index (χ2v) is 7.65. The standard InChI is InChI=1S/C14H15ClN4OS2/c1-8-10(15)3-2-4-11(8)17-13-18-19-14(22-13)21-7-12(20)16-9-5-6-9/h2-4,9H,5-7H2,1H3,(H,16,20)(H,17,18). The third-order valence-corrected chi connectivity index (χ3v) is 5.57. The molecule has 1 aliphatic rings. The van der Waals surface area contributed by atoms with Gasteiger partial charge in [-0.1, -0.05) is 40.8 Å². The van der Waals surface area contributed by atoms with E-state index in [0.717, 1.165) is 28.4 Å². The molecule has 116 valence electrons. The van der Waals surface area contributed by atoms with Crippen LogP contribution in [0.25, 0.3) is 0 Å². The summed E-state index contributed by atoms with van der Waals surface area (Å²) in [6.45, 7) is 1.95. The quantitative estimate of drug-likeness (QED) is 0.775. The van der Waals surface area contributed by atoms with E-state index in [-0.39, 0.29) is 5.91 Å². The first-order valence-electron chi connectivity index (χ1n) is 6.89. The van der Waals surface area contributed by atoms with Gasteiger partial charge >= 0.3 is 0 Å². The van der Waals surface area contributed by atoms with Crippen molar-refractivity contribution >= 4 is 51.4 Å². The van der Waals surface area contributed by atoms with E-state index in [4.69, 9.17) is 11.6 Å². The van der Waals surface area contributed by atoms with E-state index in [1.54, 1.807) is 0 Å². The summed E-state index contributed by atoms with van der Waals surface area (Å²) >= 11 is 8.92. The maximum Gasteiger partial charge on any atom is 0.230 e. The maximum absolute atomic E-state index is 11.6. The molecule has 0 aliphatic heterocycles. The van der Waals surface area contributed by atoms with Crippen LogP contribution in [-0.2, 0) is 4.79 Å². The lowest BCUT2D eigenvalue weighted by Crippen LogP contribution is -2.26. The minimum atomic E-state index is 0.0582. The molecule has 1 aromatic carbocycles. The van der Waals surface area contributed by atoms with Crippen molar-refractivity contribution in [2.24, 2.45) is 0 Å². The van der Waals surface area contributed by atoms with E-state index in [9.17, 15) is 4.79 Å². The van der Waals surface area contributed by atoms with Crippen LogP contribution in [0.5, 0.6) is 0 Å². The highest BCUT2D eigenvalue weighted by Gasteiger charge is 2.23. The first-order chi connectivity index (χ1) is 10.6. The molecule has 1 aromatic heterocycles. The predicted octanol–water partition coefficient (Wildman–Crippen LogP) is 3.61. The van der Waals surface area contributed by atoms with Gasteiger partial charge in [0.25, 0.3) is 0 Å². The van der Waals surface area contributed by atoms with Gasteiger partial charge in [0.2, 0.25) is 11.0 Å². The number of amides is 1. The Hall–Kier alpha value is -1.31. The van der Waals surface area contributed by atoms with Crippen LogP contribution >= 0.6 is 34.7 Å². The Morgan fingerprint density at radius 1 is 1.45 bits per heavy atom. The molecular formula is C14H15ClN4OS2. The maximum atomic E-state index is 11.6. The van der Waals surface area contributed by atoms with Crippen LogP contribution in [0.2, 0.25) is 5.02 Å². The number of aromatic nitrogens is 2. The van der Waals surface area contributed by atoms with Crippen LogP contribution in [0.1, 0.15) is 18.4 Å². The molecule has 22 heavy (non-hydrogen) atoms. The number of nitrogens with zero attached hydrogens (tertiary/aromatic N) is 2. The Kier molecular flexibility index (Phi) is 4.85. The molecule has 1 heterocycles. The summed E-state index contributed by atoms with van der Waals surface area (Å²) in [5.41, 5.74) is 1.88. The van der Waals surface area contributed by atoms with Crippen molar-refractivity contribution < 1.29 is 4.79 Å². The van der Waals surface area contributed by atoms with Crippen LogP contribution in [0.15, 0.2) is 22.5 Å². The van der Waals surface area contributed by atoms with Crippen molar-refractivity contribution in [1.82, 2.24) is 15.5 Å². The molecular weight excluding hydrogens is 340 g/mol. The summed E-state index contributed by atoms with van der Waals surface area (Å²) in [6.07, 6.45) is 2.20. The van der Waals surface area contributed by atoms with Crippen molar-refractivity contribution in [2.75, 3.05) is 11.1 Å². The van der Waals surface area contributed by atoms with Gasteiger partial charge in [-0.05, 0) is 37.5 Å². The SMILES string of the molecule is Cc1c(Cl)cccc1Nc1nnc(SCC(=O)NC2CC2)s1. The van der Waals surface area contributed by atoms with Gasteiger partial charge in [-0.3, -0.25) is 4.79 Å². The summed E-state index contributed by atoms with van der Waals surface area (Å²) in [5, 5.41) is 15.7. The number of rotatable bonds is 6. The fourth-order valence-electron chi connectivity index (χ4n) is 1.80. The van der Waals surface area contributed by atoms with Crippen LogP contribution in [0, 0.1) is 6.92 Å². The number of hydrogen-bond donors (Lipinski definition) is 2. The lowest BCUT2D eigenvalue weighted by Gasteiger charge is -2.06. The Morgan fingerprint density at radius 2 is 2.27 bits per heavy atom. The van der Waals surface area contributed by atoms with E-state index in [1.165, 1.54) is 23.1 Å². The Labute approximate surface area is 141 Å². The zero-order valence-corrected chi connectivity index (χ0v) is 14.3. The highest BCUT2D eigenvalue weighted by atomic mass is 35.5. The smallest absolute Gasteiger partial charge is 0.230 e. The molecule has 3 rings (SSSR count). The average molecular weight is 355 g/mol. The Bertz CT molecular complexity index is 687. The number of thioether (sulfide) groups is 1. The summed E-state index contributed by atoms with van der Waals surface area (Å²) in [6, 6.07) is 6.07. The second kappa shape index (κ2) is 6.85. The lowest BCUT2D eigenvalue weighted by molar-refractivity contribution is -0.118. The molecule has 1 aliphatic carbocycles. The third-order valence-electron chi connectivity index (χ3n) is 3.18. The molecule has 5 nitrogen and oxygen atoms in total. The van der Waals surface area contributed by atoms with Crippen molar-refractivity contribution in [2.45, 2.75) is 30.1 Å². The Balaban J connectivity index is 1.56. The zero-order chi connectivity index (χ0) is 15.5. The molecule has 2 N–H and O–H groups in total.